The van der Waals surface area contributed by atoms with Gasteiger partial charge in [0.1, 0.15) is 0 Å². The molecule has 0 bridgehead atoms. The highest BCUT2D eigenvalue weighted by molar-refractivity contribution is 5.76. The SMILES string of the molecule is CC(C)CCCCNC(=O)N1CCCCC1CC(=O)O. The third-order valence-corrected chi connectivity index (χ3v) is 3.78. The molecule has 2 N–H and O–H groups in total. The first-order valence-electron chi connectivity index (χ1n) is 7.77. The number of aliphatic carboxylic acids is 1. The van der Waals surface area contributed by atoms with E-state index in [4.69, 9.17) is 5.11 Å². The topological polar surface area (TPSA) is 69.6 Å². The van der Waals surface area contributed by atoms with Gasteiger partial charge in [0.25, 0.3) is 0 Å². The maximum Gasteiger partial charge on any atom is 0.317 e. The largest absolute Gasteiger partial charge is 0.481 e. The van der Waals surface area contributed by atoms with E-state index in [1.54, 1.807) is 4.90 Å². The Morgan fingerprint density at radius 1 is 1.30 bits per heavy atom. The summed E-state index contributed by atoms with van der Waals surface area (Å²) in [5.74, 6) is -0.126. The summed E-state index contributed by atoms with van der Waals surface area (Å²) >= 11 is 0. The lowest BCUT2D eigenvalue weighted by atomic mass is 10.00. The van der Waals surface area contributed by atoms with Gasteiger partial charge in [0.2, 0.25) is 0 Å². The van der Waals surface area contributed by atoms with E-state index in [-0.39, 0.29) is 18.5 Å². The van der Waals surface area contributed by atoms with Crippen molar-refractivity contribution < 1.29 is 14.7 Å². The van der Waals surface area contributed by atoms with Crippen LogP contribution in [0.25, 0.3) is 0 Å². The fraction of sp³-hybridized carbons (Fsp3) is 0.867. The molecular formula is C15H28N2O3. The van der Waals surface area contributed by atoms with Gasteiger partial charge in [-0.25, -0.2) is 4.79 Å². The van der Waals surface area contributed by atoms with Crippen molar-refractivity contribution >= 4 is 12.0 Å². The number of hydrogen-bond acceptors (Lipinski definition) is 2. The number of urea groups is 1. The summed E-state index contributed by atoms with van der Waals surface area (Å²) in [6, 6.07) is -0.239. The van der Waals surface area contributed by atoms with Crippen LogP contribution in [0.1, 0.15) is 58.8 Å². The predicted molar refractivity (Wildman–Crippen MR) is 78.7 cm³/mol. The van der Waals surface area contributed by atoms with Gasteiger partial charge < -0.3 is 15.3 Å². The van der Waals surface area contributed by atoms with Gasteiger partial charge in [-0.3, -0.25) is 4.79 Å². The average molecular weight is 284 g/mol. The first-order chi connectivity index (χ1) is 9.50. The van der Waals surface area contributed by atoms with E-state index in [0.717, 1.165) is 32.1 Å². The second-order valence-corrected chi connectivity index (χ2v) is 6.06. The number of carbonyl (C=O) groups is 2. The number of piperidine rings is 1. The summed E-state index contributed by atoms with van der Waals surface area (Å²) in [6.45, 7) is 5.75. The molecule has 0 aliphatic carbocycles. The molecule has 1 saturated heterocycles. The van der Waals surface area contributed by atoms with Gasteiger partial charge in [0.15, 0.2) is 0 Å². The van der Waals surface area contributed by atoms with Crippen LogP contribution in [0.2, 0.25) is 0 Å². The number of carboxylic acids is 1. The van der Waals surface area contributed by atoms with Gasteiger partial charge in [0, 0.05) is 19.1 Å². The van der Waals surface area contributed by atoms with Crippen molar-refractivity contribution in [2.24, 2.45) is 5.92 Å². The molecule has 0 saturated carbocycles. The van der Waals surface area contributed by atoms with Crippen molar-refractivity contribution in [3.8, 4) is 0 Å². The molecule has 0 aromatic heterocycles. The lowest BCUT2D eigenvalue weighted by molar-refractivity contribution is -0.138. The third-order valence-electron chi connectivity index (χ3n) is 3.78. The Bertz CT molecular complexity index is 318. The van der Waals surface area contributed by atoms with E-state index in [0.29, 0.717) is 19.0 Å². The molecule has 0 radical (unpaired) electrons. The van der Waals surface area contributed by atoms with Gasteiger partial charge in [0.05, 0.1) is 6.42 Å². The smallest absolute Gasteiger partial charge is 0.317 e. The van der Waals surface area contributed by atoms with Crippen LogP contribution >= 0.6 is 0 Å². The molecule has 0 aromatic carbocycles. The second-order valence-electron chi connectivity index (χ2n) is 6.06. The number of nitrogens with one attached hydrogen (secondary N) is 1. The summed E-state index contributed by atoms with van der Waals surface area (Å²) in [7, 11) is 0. The predicted octanol–water partition coefficient (Wildman–Crippen LogP) is 2.85. The normalized spacial score (nSPS) is 19.1. The zero-order valence-electron chi connectivity index (χ0n) is 12.7. The number of hydrogen-bond donors (Lipinski definition) is 2. The highest BCUT2D eigenvalue weighted by atomic mass is 16.4. The summed E-state index contributed by atoms with van der Waals surface area (Å²) < 4.78 is 0. The van der Waals surface area contributed by atoms with E-state index in [9.17, 15) is 9.59 Å². The zero-order valence-corrected chi connectivity index (χ0v) is 12.7. The van der Waals surface area contributed by atoms with Crippen LogP contribution in [0.5, 0.6) is 0 Å². The fourth-order valence-corrected chi connectivity index (χ4v) is 2.66. The Hall–Kier alpha value is -1.26. The van der Waals surface area contributed by atoms with E-state index >= 15 is 0 Å². The van der Waals surface area contributed by atoms with Gasteiger partial charge in [-0.2, -0.15) is 0 Å². The second kappa shape index (κ2) is 8.82. The molecule has 0 spiro atoms. The standard InChI is InChI=1S/C15H28N2O3/c1-12(2)7-3-5-9-16-15(20)17-10-6-4-8-13(17)11-14(18)19/h12-13H,3-11H2,1-2H3,(H,16,20)(H,18,19). The van der Waals surface area contributed by atoms with Crippen LogP contribution in [0.3, 0.4) is 0 Å². The minimum absolute atomic E-state index is 0.0563. The molecule has 5 nitrogen and oxygen atoms in total. The minimum atomic E-state index is -0.827. The highest BCUT2D eigenvalue weighted by Gasteiger charge is 2.28. The number of amides is 2. The maximum atomic E-state index is 12.1. The fourth-order valence-electron chi connectivity index (χ4n) is 2.66. The van der Waals surface area contributed by atoms with Gasteiger partial charge in [-0.05, 0) is 31.6 Å². The number of carboxylic acid groups (broad SMARTS) is 1. The van der Waals surface area contributed by atoms with Crippen molar-refractivity contribution in [1.29, 1.82) is 0 Å². The van der Waals surface area contributed by atoms with Crippen LogP contribution in [0.15, 0.2) is 0 Å². The number of unbranched alkanes of at least 4 members (excludes halogenated alkanes) is 1. The summed E-state index contributed by atoms with van der Waals surface area (Å²) in [5.41, 5.74) is 0. The zero-order chi connectivity index (χ0) is 15.0. The minimum Gasteiger partial charge on any atom is -0.481 e. The summed E-state index contributed by atoms with van der Waals surface area (Å²) in [5, 5.41) is 11.8. The molecule has 2 amide bonds. The van der Waals surface area contributed by atoms with Crippen molar-refractivity contribution in [1.82, 2.24) is 10.2 Å². The monoisotopic (exact) mass is 284 g/mol. The third kappa shape index (κ3) is 6.26. The quantitative estimate of drug-likeness (QED) is 0.706. The number of likely N-dealkylation sites (tertiary alicyclic amines) is 1. The van der Waals surface area contributed by atoms with Crippen LogP contribution in [0, 0.1) is 5.92 Å². The molecule has 1 aliphatic rings. The first-order valence-corrected chi connectivity index (χ1v) is 7.77. The van der Waals surface area contributed by atoms with E-state index in [1.165, 1.54) is 6.42 Å². The molecule has 5 heteroatoms. The Balaban J connectivity index is 2.30. The molecule has 1 heterocycles. The lowest BCUT2D eigenvalue weighted by Gasteiger charge is -2.34. The molecule has 20 heavy (non-hydrogen) atoms. The number of rotatable bonds is 7. The maximum absolute atomic E-state index is 12.1. The average Bonchev–Trinajstić information content (AvgIpc) is 2.37. The first kappa shape index (κ1) is 16.8. The number of carbonyl (C=O) groups excluding carboxylic acids is 1. The Morgan fingerprint density at radius 2 is 2.05 bits per heavy atom. The van der Waals surface area contributed by atoms with E-state index in [1.807, 2.05) is 0 Å². The molecule has 1 aliphatic heterocycles. The molecule has 1 fully saturated rings. The molecule has 1 rings (SSSR count). The molecule has 1 atom stereocenters. The van der Waals surface area contributed by atoms with Crippen LogP contribution < -0.4 is 5.32 Å². The van der Waals surface area contributed by atoms with Gasteiger partial charge >= 0.3 is 12.0 Å². The van der Waals surface area contributed by atoms with E-state index < -0.39 is 5.97 Å². The van der Waals surface area contributed by atoms with Crippen molar-refractivity contribution in [3.05, 3.63) is 0 Å². The molecular weight excluding hydrogens is 256 g/mol. The lowest BCUT2D eigenvalue weighted by Crippen LogP contribution is -2.49. The Labute approximate surface area is 121 Å². The van der Waals surface area contributed by atoms with Gasteiger partial charge in [-0.1, -0.05) is 26.7 Å². The molecule has 0 aromatic rings. The Morgan fingerprint density at radius 3 is 2.70 bits per heavy atom. The Kier molecular flexibility index (Phi) is 7.41. The van der Waals surface area contributed by atoms with Crippen molar-refractivity contribution in [2.75, 3.05) is 13.1 Å². The highest BCUT2D eigenvalue weighted by Crippen LogP contribution is 2.19. The molecule has 1 unspecified atom stereocenters. The number of nitrogens with zero attached hydrogens (tertiary/aromatic N) is 1. The van der Waals surface area contributed by atoms with Crippen LogP contribution in [-0.2, 0) is 4.79 Å². The van der Waals surface area contributed by atoms with Gasteiger partial charge in [-0.15, -0.1) is 0 Å². The van der Waals surface area contributed by atoms with E-state index in [2.05, 4.69) is 19.2 Å². The summed E-state index contributed by atoms with van der Waals surface area (Å²) in [6.07, 6.45) is 6.12. The molecule has 116 valence electrons. The van der Waals surface area contributed by atoms with Crippen LogP contribution in [-0.4, -0.2) is 41.1 Å². The van der Waals surface area contributed by atoms with Crippen molar-refractivity contribution in [2.45, 2.75) is 64.8 Å². The summed E-state index contributed by atoms with van der Waals surface area (Å²) in [4.78, 5) is 24.7. The van der Waals surface area contributed by atoms with Crippen molar-refractivity contribution in [3.63, 3.8) is 0 Å². The van der Waals surface area contributed by atoms with Crippen LogP contribution in [0.4, 0.5) is 4.79 Å².